The van der Waals surface area contributed by atoms with E-state index in [0.717, 1.165) is 32.1 Å². The first-order valence-corrected chi connectivity index (χ1v) is 7.34. The van der Waals surface area contributed by atoms with Gasteiger partial charge in [0.2, 0.25) is 5.95 Å². The summed E-state index contributed by atoms with van der Waals surface area (Å²) in [5.41, 5.74) is 4.86. The van der Waals surface area contributed by atoms with Gasteiger partial charge in [-0.3, -0.25) is 0 Å². The third-order valence-electron chi connectivity index (χ3n) is 3.91. The SMILES string of the molecule is Nc1nc(Cl)c2c(C(F)(F)F)cn(CC3CCNCC3)c2n1. The minimum atomic E-state index is -4.51. The van der Waals surface area contributed by atoms with E-state index in [1.54, 1.807) is 0 Å². The zero-order chi connectivity index (χ0) is 15.9. The Morgan fingerprint density at radius 1 is 1.32 bits per heavy atom. The summed E-state index contributed by atoms with van der Waals surface area (Å²) >= 11 is 5.88. The average Bonchev–Trinajstić information content (AvgIpc) is 2.79. The van der Waals surface area contributed by atoms with E-state index in [1.165, 1.54) is 4.57 Å². The Labute approximate surface area is 129 Å². The number of aromatic nitrogens is 3. The number of anilines is 1. The lowest BCUT2D eigenvalue weighted by Crippen LogP contribution is -2.29. The molecule has 1 fully saturated rings. The predicted octanol–water partition coefficient (Wildman–Crippen LogP) is 2.69. The van der Waals surface area contributed by atoms with Crippen molar-refractivity contribution in [2.24, 2.45) is 5.92 Å². The number of nitrogens with one attached hydrogen (secondary N) is 1. The molecule has 0 saturated carbocycles. The van der Waals surface area contributed by atoms with Crippen molar-refractivity contribution in [1.29, 1.82) is 0 Å². The van der Waals surface area contributed by atoms with Crippen molar-refractivity contribution in [1.82, 2.24) is 19.9 Å². The summed E-state index contributed by atoms with van der Waals surface area (Å²) < 4.78 is 41.2. The molecule has 2 aromatic heterocycles. The van der Waals surface area contributed by atoms with Crippen LogP contribution in [0.5, 0.6) is 0 Å². The Morgan fingerprint density at radius 3 is 2.64 bits per heavy atom. The second-order valence-electron chi connectivity index (χ2n) is 5.46. The van der Waals surface area contributed by atoms with Gasteiger partial charge in [0, 0.05) is 12.7 Å². The number of alkyl halides is 3. The number of nitrogen functional groups attached to an aromatic ring is 1. The molecule has 2 aromatic rings. The van der Waals surface area contributed by atoms with Crippen molar-refractivity contribution in [3.8, 4) is 0 Å². The fourth-order valence-corrected chi connectivity index (χ4v) is 3.13. The number of hydrogen-bond acceptors (Lipinski definition) is 4. The summed E-state index contributed by atoms with van der Waals surface area (Å²) in [5.74, 6) is 0.170. The molecular formula is C13H15ClF3N5. The number of piperidine rings is 1. The van der Waals surface area contributed by atoms with Crippen LogP contribution < -0.4 is 11.1 Å². The molecule has 0 amide bonds. The third kappa shape index (κ3) is 2.85. The van der Waals surface area contributed by atoms with Gasteiger partial charge in [-0.05, 0) is 31.8 Å². The summed E-state index contributed by atoms with van der Waals surface area (Å²) in [6.07, 6.45) is -1.63. The number of hydrogen-bond donors (Lipinski definition) is 2. The zero-order valence-electron chi connectivity index (χ0n) is 11.6. The fourth-order valence-electron chi connectivity index (χ4n) is 2.86. The van der Waals surface area contributed by atoms with E-state index < -0.39 is 11.7 Å². The maximum Gasteiger partial charge on any atom is 0.418 e. The van der Waals surface area contributed by atoms with E-state index in [2.05, 4.69) is 15.3 Å². The van der Waals surface area contributed by atoms with Gasteiger partial charge in [-0.25, -0.2) is 4.98 Å². The lowest BCUT2D eigenvalue weighted by atomic mass is 9.98. The fraction of sp³-hybridized carbons (Fsp3) is 0.538. The van der Waals surface area contributed by atoms with E-state index in [1.807, 2.05) is 0 Å². The van der Waals surface area contributed by atoms with E-state index in [9.17, 15) is 13.2 Å². The van der Waals surface area contributed by atoms with Crippen LogP contribution in [0.3, 0.4) is 0 Å². The Morgan fingerprint density at radius 2 is 2.00 bits per heavy atom. The molecular weight excluding hydrogens is 319 g/mol. The Bertz CT molecular complexity index is 691. The van der Waals surface area contributed by atoms with Gasteiger partial charge in [0.15, 0.2) is 0 Å². The van der Waals surface area contributed by atoms with Crippen molar-refractivity contribution < 1.29 is 13.2 Å². The molecule has 1 aliphatic heterocycles. The van der Waals surface area contributed by atoms with Crippen molar-refractivity contribution in [2.75, 3.05) is 18.8 Å². The van der Waals surface area contributed by atoms with Gasteiger partial charge in [-0.1, -0.05) is 11.6 Å². The monoisotopic (exact) mass is 333 g/mol. The number of fused-ring (bicyclic) bond motifs is 1. The van der Waals surface area contributed by atoms with Crippen molar-refractivity contribution in [2.45, 2.75) is 25.6 Å². The molecule has 9 heteroatoms. The Hall–Kier alpha value is -1.54. The van der Waals surface area contributed by atoms with E-state index in [4.69, 9.17) is 17.3 Å². The topological polar surface area (TPSA) is 68.8 Å². The molecule has 22 heavy (non-hydrogen) atoms. The van der Waals surface area contributed by atoms with Crippen LogP contribution >= 0.6 is 11.6 Å². The van der Waals surface area contributed by atoms with Gasteiger partial charge in [-0.2, -0.15) is 18.2 Å². The molecule has 0 unspecified atom stereocenters. The van der Waals surface area contributed by atoms with Gasteiger partial charge < -0.3 is 15.6 Å². The second kappa shape index (κ2) is 5.58. The van der Waals surface area contributed by atoms with Crippen LogP contribution in [0.1, 0.15) is 18.4 Å². The minimum absolute atomic E-state index is 0.129. The molecule has 120 valence electrons. The smallest absolute Gasteiger partial charge is 0.368 e. The summed E-state index contributed by atoms with van der Waals surface area (Å²) in [4.78, 5) is 7.61. The molecule has 1 saturated heterocycles. The number of nitrogens with two attached hydrogens (primary N) is 1. The minimum Gasteiger partial charge on any atom is -0.368 e. The van der Waals surface area contributed by atoms with Crippen molar-refractivity contribution in [3.63, 3.8) is 0 Å². The highest BCUT2D eigenvalue weighted by Crippen LogP contribution is 2.38. The predicted molar refractivity (Wildman–Crippen MR) is 77.5 cm³/mol. The van der Waals surface area contributed by atoms with Gasteiger partial charge in [-0.15, -0.1) is 0 Å². The highest BCUT2D eigenvalue weighted by atomic mass is 35.5. The van der Waals surface area contributed by atoms with Crippen LogP contribution in [0.2, 0.25) is 5.15 Å². The normalized spacial score (nSPS) is 17.3. The second-order valence-corrected chi connectivity index (χ2v) is 5.82. The summed E-state index contributed by atoms with van der Waals surface area (Å²) in [6, 6.07) is 0. The lowest BCUT2D eigenvalue weighted by molar-refractivity contribution is -0.136. The Kier molecular flexibility index (Phi) is 3.90. The molecule has 0 aromatic carbocycles. The summed E-state index contributed by atoms with van der Waals surface area (Å²) in [6.45, 7) is 2.20. The quantitative estimate of drug-likeness (QED) is 0.829. The number of rotatable bonds is 2. The highest BCUT2D eigenvalue weighted by Gasteiger charge is 2.36. The van der Waals surface area contributed by atoms with Crippen LogP contribution in [0, 0.1) is 5.92 Å². The Balaban J connectivity index is 2.09. The molecule has 0 bridgehead atoms. The van der Waals surface area contributed by atoms with E-state index in [0.29, 0.717) is 12.5 Å². The van der Waals surface area contributed by atoms with Crippen LogP contribution in [0.25, 0.3) is 11.0 Å². The first-order chi connectivity index (χ1) is 10.4. The molecule has 1 aliphatic rings. The molecule has 0 radical (unpaired) electrons. The van der Waals surface area contributed by atoms with Crippen LogP contribution in [-0.2, 0) is 12.7 Å². The standard InChI is InChI=1S/C13H15ClF3N5/c14-10-9-8(13(15,16)17)6-22(11(9)21-12(18)20-10)5-7-1-3-19-4-2-7/h6-7,19H,1-5H2,(H2,18,20,21). The molecule has 0 spiro atoms. The van der Waals surface area contributed by atoms with E-state index in [-0.39, 0.29) is 22.1 Å². The summed E-state index contributed by atoms with van der Waals surface area (Å²) in [5, 5.41) is 2.78. The van der Waals surface area contributed by atoms with Gasteiger partial charge in [0.25, 0.3) is 0 Å². The van der Waals surface area contributed by atoms with Crippen molar-refractivity contribution in [3.05, 3.63) is 16.9 Å². The molecule has 0 aliphatic carbocycles. The summed E-state index contributed by atoms with van der Waals surface area (Å²) in [7, 11) is 0. The maximum atomic E-state index is 13.2. The maximum absolute atomic E-state index is 13.2. The van der Waals surface area contributed by atoms with Crippen molar-refractivity contribution >= 4 is 28.6 Å². The number of nitrogens with zero attached hydrogens (tertiary/aromatic N) is 3. The highest BCUT2D eigenvalue weighted by molar-refractivity contribution is 6.34. The van der Waals surface area contributed by atoms with Crippen LogP contribution in [0.15, 0.2) is 6.20 Å². The lowest BCUT2D eigenvalue weighted by Gasteiger charge is -2.23. The molecule has 3 heterocycles. The van der Waals surface area contributed by atoms with Gasteiger partial charge >= 0.3 is 6.18 Å². The van der Waals surface area contributed by atoms with Gasteiger partial charge in [0.1, 0.15) is 10.8 Å². The first-order valence-electron chi connectivity index (χ1n) is 6.96. The zero-order valence-corrected chi connectivity index (χ0v) is 12.4. The van der Waals surface area contributed by atoms with Crippen LogP contribution in [-0.4, -0.2) is 27.6 Å². The largest absolute Gasteiger partial charge is 0.418 e. The average molecular weight is 334 g/mol. The number of halogens is 4. The molecule has 3 N–H and O–H groups in total. The first kappa shape index (κ1) is 15.4. The van der Waals surface area contributed by atoms with Gasteiger partial charge in [0.05, 0.1) is 10.9 Å². The molecule has 0 atom stereocenters. The van der Waals surface area contributed by atoms with E-state index >= 15 is 0 Å². The van der Waals surface area contributed by atoms with Crippen LogP contribution in [0.4, 0.5) is 19.1 Å². The molecule has 5 nitrogen and oxygen atoms in total. The third-order valence-corrected chi connectivity index (χ3v) is 4.18. The molecule has 3 rings (SSSR count).